The van der Waals surface area contributed by atoms with E-state index in [1.807, 2.05) is 31.2 Å². The first-order valence-electron chi connectivity index (χ1n) is 4.64. The van der Waals surface area contributed by atoms with Gasteiger partial charge in [0.25, 0.3) is 0 Å². The molecule has 1 aromatic carbocycles. The van der Waals surface area contributed by atoms with E-state index in [4.69, 9.17) is 16.3 Å². The summed E-state index contributed by atoms with van der Waals surface area (Å²) in [6.45, 7) is 2.66. The molecule has 14 heavy (non-hydrogen) atoms. The van der Waals surface area contributed by atoms with Crippen molar-refractivity contribution in [2.75, 3.05) is 12.5 Å². The highest BCUT2D eigenvalue weighted by atomic mass is 35.5. The monoisotopic (exact) mass is 208 g/mol. The molecule has 0 aliphatic carbocycles. The van der Waals surface area contributed by atoms with Gasteiger partial charge >= 0.3 is 0 Å². The fourth-order valence-electron chi connectivity index (χ4n) is 1.01. The van der Waals surface area contributed by atoms with Crippen molar-refractivity contribution in [1.82, 2.24) is 0 Å². The molecular weight excluding hydrogens is 196 g/mol. The van der Waals surface area contributed by atoms with Crippen molar-refractivity contribution in [2.24, 2.45) is 0 Å². The highest BCUT2D eigenvalue weighted by molar-refractivity contribution is 6.18. The SMILES string of the molecule is CCOc1ccc(C#CCCCl)cc1. The molecule has 0 amide bonds. The van der Waals surface area contributed by atoms with Crippen LogP contribution in [0.5, 0.6) is 5.75 Å². The zero-order valence-corrected chi connectivity index (χ0v) is 8.97. The van der Waals surface area contributed by atoms with Gasteiger partial charge in [0.15, 0.2) is 0 Å². The van der Waals surface area contributed by atoms with Crippen molar-refractivity contribution in [1.29, 1.82) is 0 Å². The van der Waals surface area contributed by atoms with Crippen LogP contribution in [0.2, 0.25) is 0 Å². The highest BCUT2D eigenvalue weighted by Gasteiger charge is 1.90. The van der Waals surface area contributed by atoms with Crippen LogP contribution in [0.3, 0.4) is 0 Å². The average Bonchev–Trinajstić information content (AvgIpc) is 2.21. The third-order valence-electron chi connectivity index (χ3n) is 1.62. The van der Waals surface area contributed by atoms with Crippen molar-refractivity contribution in [3.8, 4) is 17.6 Å². The molecule has 0 saturated heterocycles. The molecule has 1 rings (SSSR count). The Morgan fingerprint density at radius 2 is 2.00 bits per heavy atom. The van der Waals surface area contributed by atoms with E-state index in [2.05, 4.69) is 11.8 Å². The molecule has 0 spiro atoms. The second kappa shape index (κ2) is 6.34. The zero-order chi connectivity index (χ0) is 10.2. The zero-order valence-electron chi connectivity index (χ0n) is 8.22. The molecule has 0 saturated carbocycles. The normalized spacial score (nSPS) is 9.00. The first-order chi connectivity index (χ1) is 6.86. The van der Waals surface area contributed by atoms with Gasteiger partial charge in [0.05, 0.1) is 6.61 Å². The summed E-state index contributed by atoms with van der Waals surface area (Å²) < 4.78 is 5.32. The first-order valence-corrected chi connectivity index (χ1v) is 5.18. The molecule has 1 nitrogen and oxygen atoms in total. The van der Waals surface area contributed by atoms with Gasteiger partial charge in [-0.25, -0.2) is 0 Å². The van der Waals surface area contributed by atoms with Gasteiger partial charge in [-0.05, 0) is 31.2 Å². The van der Waals surface area contributed by atoms with Crippen molar-refractivity contribution in [3.05, 3.63) is 29.8 Å². The van der Waals surface area contributed by atoms with E-state index in [9.17, 15) is 0 Å². The molecule has 0 unspecified atom stereocenters. The van der Waals surface area contributed by atoms with E-state index < -0.39 is 0 Å². The smallest absolute Gasteiger partial charge is 0.119 e. The summed E-state index contributed by atoms with van der Waals surface area (Å²) in [6.07, 6.45) is 0.731. The van der Waals surface area contributed by atoms with E-state index >= 15 is 0 Å². The summed E-state index contributed by atoms with van der Waals surface area (Å²) in [6, 6.07) is 7.75. The van der Waals surface area contributed by atoms with Crippen molar-refractivity contribution in [3.63, 3.8) is 0 Å². The Morgan fingerprint density at radius 1 is 1.29 bits per heavy atom. The van der Waals surface area contributed by atoms with Crippen LogP contribution >= 0.6 is 11.6 Å². The van der Waals surface area contributed by atoms with Gasteiger partial charge in [-0.3, -0.25) is 0 Å². The van der Waals surface area contributed by atoms with Crippen LogP contribution < -0.4 is 4.74 Å². The van der Waals surface area contributed by atoms with Crippen LogP contribution in [0, 0.1) is 11.8 Å². The van der Waals surface area contributed by atoms with Crippen LogP contribution in [0.25, 0.3) is 0 Å². The van der Waals surface area contributed by atoms with E-state index in [1.165, 1.54) is 0 Å². The molecule has 74 valence electrons. The third-order valence-corrected chi connectivity index (χ3v) is 1.81. The number of hydrogen-bond acceptors (Lipinski definition) is 1. The van der Waals surface area contributed by atoms with Crippen LogP contribution in [-0.4, -0.2) is 12.5 Å². The molecule has 2 heteroatoms. The van der Waals surface area contributed by atoms with Crippen LogP contribution in [0.4, 0.5) is 0 Å². The summed E-state index contributed by atoms with van der Waals surface area (Å²) in [5.41, 5.74) is 0.999. The maximum absolute atomic E-state index is 5.51. The Bertz CT molecular complexity index is 318. The number of alkyl halides is 1. The van der Waals surface area contributed by atoms with E-state index in [0.29, 0.717) is 12.5 Å². The average molecular weight is 209 g/mol. The minimum Gasteiger partial charge on any atom is -0.494 e. The lowest BCUT2D eigenvalue weighted by Crippen LogP contribution is -1.90. The predicted octanol–water partition coefficient (Wildman–Crippen LogP) is 3.07. The number of rotatable bonds is 3. The Labute approximate surface area is 90.0 Å². The number of ether oxygens (including phenoxy) is 1. The van der Waals surface area contributed by atoms with E-state index in [0.717, 1.165) is 17.7 Å². The number of halogens is 1. The molecule has 0 aliphatic rings. The van der Waals surface area contributed by atoms with Crippen LogP contribution in [-0.2, 0) is 0 Å². The Morgan fingerprint density at radius 3 is 2.57 bits per heavy atom. The van der Waals surface area contributed by atoms with Gasteiger partial charge in [-0.2, -0.15) is 0 Å². The first kappa shape index (κ1) is 10.9. The maximum Gasteiger partial charge on any atom is 0.119 e. The lowest BCUT2D eigenvalue weighted by atomic mass is 10.2. The van der Waals surface area contributed by atoms with Gasteiger partial charge in [0.2, 0.25) is 0 Å². The largest absolute Gasteiger partial charge is 0.494 e. The maximum atomic E-state index is 5.51. The van der Waals surface area contributed by atoms with Crippen LogP contribution in [0.1, 0.15) is 18.9 Å². The van der Waals surface area contributed by atoms with Gasteiger partial charge in [0.1, 0.15) is 5.75 Å². The molecule has 0 N–H and O–H groups in total. The van der Waals surface area contributed by atoms with Crippen molar-refractivity contribution >= 4 is 11.6 Å². The van der Waals surface area contributed by atoms with Gasteiger partial charge in [-0.15, -0.1) is 11.6 Å². The minimum atomic E-state index is 0.587. The second-order valence-corrected chi connectivity index (χ2v) is 3.08. The summed E-state index contributed by atoms with van der Waals surface area (Å²) in [5, 5.41) is 0. The van der Waals surface area contributed by atoms with E-state index in [1.54, 1.807) is 0 Å². The molecule has 0 bridgehead atoms. The summed E-state index contributed by atoms with van der Waals surface area (Å²) in [7, 11) is 0. The molecule has 0 radical (unpaired) electrons. The highest BCUT2D eigenvalue weighted by Crippen LogP contribution is 2.11. The summed E-state index contributed by atoms with van der Waals surface area (Å²) >= 11 is 5.51. The molecule has 1 aromatic rings. The lowest BCUT2D eigenvalue weighted by molar-refractivity contribution is 0.340. The van der Waals surface area contributed by atoms with E-state index in [-0.39, 0.29) is 0 Å². The predicted molar refractivity (Wildman–Crippen MR) is 59.8 cm³/mol. The fraction of sp³-hybridized carbons (Fsp3) is 0.333. The second-order valence-electron chi connectivity index (χ2n) is 2.70. The lowest BCUT2D eigenvalue weighted by Gasteiger charge is -2.01. The molecule has 0 fully saturated rings. The Balaban J connectivity index is 2.60. The molecule has 0 atom stereocenters. The van der Waals surface area contributed by atoms with Gasteiger partial charge < -0.3 is 4.74 Å². The Hall–Kier alpha value is -1.13. The summed E-state index contributed by atoms with van der Waals surface area (Å²) in [5.74, 6) is 7.48. The molecular formula is C12H13ClO. The van der Waals surface area contributed by atoms with Gasteiger partial charge in [0, 0.05) is 17.9 Å². The standard InChI is InChI=1S/C12H13ClO/c1-2-14-12-8-6-11(7-9-12)5-3-4-10-13/h6-9H,2,4,10H2,1H3. The number of benzene rings is 1. The Kier molecular flexibility index (Phi) is 4.96. The van der Waals surface area contributed by atoms with Crippen molar-refractivity contribution in [2.45, 2.75) is 13.3 Å². The summed E-state index contributed by atoms with van der Waals surface area (Å²) in [4.78, 5) is 0. The topological polar surface area (TPSA) is 9.23 Å². The molecule has 0 aromatic heterocycles. The van der Waals surface area contributed by atoms with Crippen molar-refractivity contribution < 1.29 is 4.74 Å². The number of hydrogen-bond donors (Lipinski definition) is 0. The minimum absolute atomic E-state index is 0.587. The fourth-order valence-corrected chi connectivity index (χ4v) is 1.11. The third kappa shape index (κ3) is 3.72. The molecule has 0 aliphatic heterocycles. The molecule has 0 heterocycles. The van der Waals surface area contributed by atoms with Gasteiger partial charge in [-0.1, -0.05) is 11.8 Å². The quantitative estimate of drug-likeness (QED) is 0.548. The van der Waals surface area contributed by atoms with Crippen LogP contribution in [0.15, 0.2) is 24.3 Å².